The number of amides is 2. The van der Waals surface area contributed by atoms with Crippen molar-refractivity contribution >= 4 is 17.5 Å². The zero-order chi connectivity index (χ0) is 19.2. The molecule has 0 spiro atoms. The van der Waals surface area contributed by atoms with Gasteiger partial charge in [-0.1, -0.05) is 18.6 Å². The molecule has 2 amide bonds. The molecule has 3 rings (SSSR count). The maximum Gasteiger partial charge on any atom is 0.251 e. The summed E-state index contributed by atoms with van der Waals surface area (Å²) in [4.78, 5) is 24.6. The summed E-state index contributed by atoms with van der Waals surface area (Å²) < 4.78 is 12.9. The van der Waals surface area contributed by atoms with Crippen LogP contribution in [0.2, 0.25) is 0 Å². The molecular formula is C21H24FN3O2. The Bertz CT molecular complexity index is 790. The topological polar surface area (TPSA) is 84.2 Å². The van der Waals surface area contributed by atoms with Crippen LogP contribution in [0.3, 0.4) is 0 Å². The summed E-state index contributed by atoms with van der Waals surface area (Å²) in [6.45, 7) is 0.852. The second-order valence-electron chi connectivity index (χ2n) is 6.91. The van der Waals surface area contributed by atoms with Gasteiger partial charge in [0.1, 0.15) is 5.82 Å². The van der Waals surface area contributed by atoms with Crippen LogP contribution >= 0.6 is 0 Å². The van der Waals surface area contributed by atoms with Gasteiger partial charge >= 0.3 is 0 Å². The van der Waals surface area contributed by atoms with Gasteiger partial charge in [0.15, 0.2) is 0 Å². The summed E-state index contributed by atoms with van der Waals surface area (Å²) in [5.74, 6) is -0.319. The summed E-state index contributed by atoms with van der Waals surface area (Å²) in [7, 11) is 0. The summed E-state index contributed by atoms with van der Waals surface area (Å²) in [5.41, 5.74) is 7.72. The molecule has 0 aliphatic heterocycles. The smallest absolute Gasteiger partial charge is 0.251 e. The van der Waals surface area contributed by atoms with Crippen LogP contribution in [0.4, 0.5) is 10.1 Å². The highest BCUT2D eigenvalue weighted by Gasteiger charge is 2.31. The van der Waals surface area contributed by atoms with E-state index in [2.05, 4.69) is 10.6 Å². The maximum absolute atomic E-state index is 12.9. The first kappa shape index (κ1) is 19.0. The van der Waals surface area contributed by atoms with Gasteiger partial charge in [0, 0.05) is 23.7 Å². The Balaban J connectivity index is 1.54. The molecule has 0 bridgehead atoms. The van der Waals surface area contributed by atoms with Crippen molar-refractivity contribution < 1.29 is 14.0 Å². The lowest BCUT2D eigenvalue weighted by Gasteiger charge is -2.17. The number of nitrogens with two attached hydrogens (primary N) is 1. The molecule has 6 heteroatoms. The number of carbonyl (C=O) groups excluding carboxylic acids is 2. The van der Waals surface area contributed by atoms with Gasteiger partial charge in [0.05, 0.1) is 0 Å². The highest BCUT2D eigenvalue weighted by atomic mass is 19.1. The van der Waals surface area contributed by atoms with Gasteiger partial charge in [-0.25, -0.2) is 4.39 Å². The Hall–Kier alpha value is -2.73. The van der Waals surface area contributed by atoms with Crippen molar-refractivity contribution in [3.8, 4) is 0 Å². The highest BCUT2D eigenvalue weighted by molar-refractivity contribution is 5.96. The molecule has 5 nitrogen and oxygen atoms in total. The van der Waals surface area contributed by atoms with E-state index in [-0.39, 0.29) is 29.5 Å². The molecule has 1 saturated carbocycles. The molecule has 1 aliphatic carbocycles. The van der Waals surface area contributed by atoms with E-state index in [9.17, 15) is 14.0 Å². The first-order chi connectivity index (χ1) is 13.1. The molecule has 2 atom stereocenters. The zero-order valence-electron chi connectivity index (χ0n) is 15.1. The Kier molecular flexibility index (Phi) is 6.19. The minimum atomic E-state index is -0.307. The summed E-state index contributed by atoms with van der Waals surface area (Å²) in [6.07, 6.45) is 2.91. The van der Waals surface area contributed by atoms with E-state index in [0.29, 0.717) is 24.3 Å². The molecule has 0 heterocycles. The Morgan fingerprint density at radius 3 is 2.41 bits per heavy atom. The number of anilines is 1. The normalized spacial score (nSPS) is 18.9. The number of benzene rings is 2. The maximum atomic E-state index is 12.9. The average molecular weight is 369 g/mol. The SMILES string of the molecule is NC[C@H]1CCC[C@H]1C(=O)Nc1ccc(C(=O)NCc2ccc(F)cc2)cc1. The molecule has 2 aromatic rings. The molecule has 0 aromatic heterocycles. The molecular weight excluding hydrogens is 345 g/mol. The van der Waals surface area contributed by atoms with Crippen molar-refractivity contribution in [1.82, 2.24) is 5.32 Å². The standard InChI is InChI=1S/C21H24FN3O2/c22-17-8-4-14(5-9-17)13-24-20(26)15-6-10-18(11-7-15)25-21(27)19-3-1-2-16(19)12-23/h4-11,16,19H,1-3,12-13,23H2,(H,24,26)(H,25,27)/t16-,19-/m1/s1. The molecule has 0 saturated heterocycles. The van der Waals surface area contributed by atoms with Crippen LogP contribution in [0.1, 0.15) is 35.2 Å². The van der Waals surface area contributed by atoms with Gasteiger partial charge in [0.2, 0.25) is 5.91 Å². The first-order valence-corrected chi connectivity index (χ1v) is 9.20. The van der Waals surface area contributed by atoms with E-state index in [1.165, 1.54) is 12.1 Å². The second-order valence-corrected chi connectivity index (χ2v) is 6.91. The quantitative estimate of drug-likeness (QED) is 0.732. The third-order valence-electron chi connectivity index (χ3n) is 5.08. The van der Waals surface area contributed by atoms with Crippen LogP contribution in [0.25, 0.3) is 0 Å². The highest BCUT2D eigenvalue weighted by Crippen LogP contribution is 2.31. The molecule has 4 N–H and O–H groups in total. The average Bonchev–Trinajstić information content (AvgIpc) is 3.17. The second kappa shape index (κ2) is 8.77. The molecule has 142 valence electrons. The summed E-state index contributed by atoms with van der Waals surface area (Å²) in [5, 5.41) is 5.71. The van der Waals surface area contributed by atoms with Gasteiger partial charge in [-0.05, 0) is 67.3 Å². The van der Waals surface area contributed by atoms with E-state index < -0.39 is 0 Å². The van der Waals surface area contributed by atoms with Crippen LogP contribution in [0.15, 0.2) is 48.5 Å². The molecule has 0 radical (unpaired) electrons. The zero-order valence-corrected chi connectivity index (χ0v) is 15.1. The molecule has 1 fully saturated rings. The Labute approximate surface area is 158 Å². The largest absolute Gasteiger partial charge is 0.348 e. The van der Waals surface area contributed by atoms with E-state index in [1.54, 1.807) is 36.4 Å². The lowest BCUT2D eigenvalue weighted by atomic mass is 9.95. The van der Waals surface area contributed by atoms with E-state index in [1.807, 2.05) is 0 Å². The lowest BCUT2D eigenvalue weighted by Crippen LogP contribution is -2.29. The van der Waals surface area contributed by atoms with E-state index in [4.69, 9.17) is 5.73 Å². The number of carbonyl (C=O) groups is 2. The summed E-state index contributed by atoms with van der Waals surface area (Å²) >= 11 is 0. The third kappa shape index (κ3) is 4.92. The van der Waals surface area contributed by atoms with Crippen molar-refractivity contribution in [2.24, 2.45) is 17.6 Å². The van der Waals surface area contributed by atoms with Crippen molar-refractivity contribution in [2.75, 3.05) is 11.9 Å². The number of nitrogens with one attached hydrogen (secondary N) is 2. The minimum Gasteiger partial charge on any atom is -0.348 e. The third-order valence-corrected chi connectivity index (χ3v) is 5.08. The molecule has 1 aliphatic rings. The number of halogens is 1. The van der Waals surface area contributed by atoms with Crippen molar-refractivity contribution in [2.45, 2.75) is 25.8 Å². The Morgan fingerprint density at radius 1 is 1.04 bits per heavy atom. The van der Waals surface area contributed by atoms with E-state index in [0.717, 1.165) is 24.8 Å². The predicted octanol–water partition coefficient (Wildman–Crippen LogP) is 3.07. The van der Waals surface area contributed by atoms with Crippen molar-refractivity contribution in [1.29, 1.82) is 0 Å². The van der Waals surface area contributed by atoms with E-state index >= 15 is 0 Å². The number of rotatable bonds is 6. The molecule has 27 heavy (non-hydrogen) atoms. The van der Waals surface area contributed by atoms with Gasteiger partial charge < -0.3 is 16.4 Å². The predicted molar refractivity (Wildman–Crippen MR) is 103 cm³/mol. The Morgan fingerprint density at radius 2 is 1.74 bits per heavy atom. The molecule has 0 unspecified atom stereocenters. The van der Waals surface area contributed by atoms with Crippen LogP contribution in [0, 0.1) is 17.7 Å². The van der Waals surface area contributed by atoms with Crippen LogP contribution < -0.4 is 16.4 Å². The fourth-order valence-electron chi connectivity index (χ4n) is 3.49. The fraction of sp³-hybridized carbons (Fsp3) is 0.333. The fourth-order valence-corrected chi connectivity index (χ4v) is 3.49. The monoisotopic (exact) mass is 369 g/mol. The van der Waals surface area contributed by atoms with Crippen molar-refractivity contribution in [3.63, 3.8) is 0 Å². The van der Waals surface area contributed by atoms with Gasteiger partial charge in [0.25, 0.3) is 5.91 Å². The van der Waals surface area contributed by atoms with Gasteiger partial charge in [-0.3, -0.25) is 9.59 Å². The minimum absolute atomic E-state index is 0.00328. The van der Waals surface area contributed by atoms with Crippen LogP contribution in [-0.2, 0) is 11.3 Å². The number of hydrogen-bond acceptors (Lipinski definition) is 3. The first-order valence-electron chi connectivity index (χ1n) is 9.20. The van der Waals surface area contributed by atoms with Crippen molar-refractivity contribution in [3.05, 3.63) is 65.5 Å². The molecule has 2 aromatic carbocycles. The van der Waals surface area contributed by atoms with Crippen LogP contribution in [0.5, 0.6) is 0 Å². The van der Waals surface area contributed by atoms with Gasteiger partial charge in [-0.15, -0.1) is 0 Å². The lowest BCUT2D eigenvalue weighted by molar-refractivity contribution is -0.120. The summed E-state index contributed by atoms with van der Waals surface area (Å²) in [6, 6.07) is 12.8. The van der Waals surface area contributed by atoms with Gasteiger partial charge in [-0.2, -0.15) is 0 Å². The van der Waals surface area contributed by atoms with Crippen LogP contribution in [-0.4, -0.2) is 18.4 Å². The number of hydrogen-bond donors (Lipinski definition) is 3.